The van der Waals surface area contributed by atoms with E-state index in [9.17, 15) is 0 Å². The van der Waals surface area contributed by atoms with E-state index < -0.39 is 0 Å². The van der Waals surface area contributed by atoms with Crippen molar-refractivity contribution in [1.29, 1.82) is 0 Å². The van der Waals surface area contributed by atoms with Gasteiger partial charge in [0.1, 0.15) is 5.65 Å². The lowest BCUT2D eigenvalue weighted by Crippen LogP contribution is -1.95. The Labute approximate surface area is 80.6 Å². The molecular formula is C10H10N4. The number of aryl methyl sites for hydroxylation is 2. The molecule has 0 atom stereocenters. The van der Waals surface area contributed by atoms with Crippen molar-refractivity contribution in [2.24, 2.45) is 0 Å². The molecule has 0 fully saturated rings. The Balaban J connectivity index is 2.69. The van der Waals surface area contributed by atoms with Crippen molar-refractivity contribution >= 4 is 16.8 Å². The molecule has 3 rings (SSSR count). The second-order valence-electron chi connectivity index (χ2n) is 3.47. The highest BCUT2D eigenvalue weighted by Crippen LogP contribution is 2.18. The number of fused-ring (bicyclic) bond motifs is 3. The lowest BCUT2D eigenvalue weighted by atomic mass is 10.3. The van der Waals surface area contributed by atoms with Crippen molar-refractivity contribution in [3.8, 4) is 0 Å². The number of nitrogens with zero attached hydrogens (tertiary/aromatic N) is 3. The van der Waals surface area contributed by atoms with E-state index in [4.69, 9.17) is 0 Å². The minimum atomic E-state index is 0.759. The Morgan fingerprint density at radius 1 is 1.36 bits per heavy atom. The average Bonchev–Trinajstić information content (AvgIpc) is 2.72. The third-order valence-corrected chi connectivity index (χ3v) is 2.53. The van der Waals surface area contributed by atoms with Crippen LogP contribution in [0.15, 0.2) is 18.5 Å². The van der Waals surface area contributed by atoms with Crippen molar-refractivity contribution in [1.82, 2.24) is 19.4 Å². The summed E-state index contributed by atoms with van der Waals surface area (Å²) >= 11 is 0. The summed E-state index contributed by atoms with van der Waals surface area (Å²) in [5.41, 5.74) is 3.18. The highest BCUT2D eigenvalue weighted by Gasteiger charge is 2.08. The van der Waals surface area contributed by atoms with Crippen molar-refractivity contribution < 1.29 is 0 Å². The summed E-state index contributed by atoms with van der Waals surface area (Å²) in [6.07, 6.45) is 3.76. The number of H-pyrrole nitrogens is 1. The SMILES string of the molecule is Cc1nc2ncc(C)n2c2[nH]ccc12. The third kappa shape index (κ3) is 0.775. The maximum absolute atomic E-state index is 4.43. The molecule has 0 aliphatic rings. The zero-order valence-corrected chi connectivity index (χ0v) is 8.07. The van der Waals surface area contributed by atoms with Crippen molar-refractivity contribution in [3.63, 3.8) is 0 Å². The Hall–Kier alpha value is -1.84. The van der Waals surface area contributed by atoms with E-state index >= 15 is 0 Å². The minimum absolute atomic E-state index is 0.759. The molecule has 0 amide bonds. The second-order valence-corrected chi connectivity index (χ2v) is 3.47. The van der Waals surface area contributed by atoms with Gasteiger partial charge in [-0.15, -0.1) is 0 Å². The fourth-order valence-corrected chi connectivity index (χ4v) is 1.83. The number of nitrogens with one attached hydrogen (secondary N) is 1. The quantitative estimate of drug-likeness (QED) is 0.582. The summed E-state index contributed by atoms with van der Waals surface area (Å²) < 4.78 is 2.03. The molecule has 0 aliphatic heterocycles. The number of imidazole rings is 1. The van der Waals surface area contributed by atoms with E-state index in [1.165, 1.54) is 0 Å². The van der Waals surface area contributed by atoms with Gasteiger partial charge in [0.15, 0.2) is 0 Å². The predicted molar refractivity (Wildman–Crippen MR) is 54.3 cm³/mol. The molecule has 14 heavy (non-hydrogen) atoms. The van der Waals surface area contributed by atoms with Crippen LogP contribution in [0.2, 0.25) is 0 Å². The zero-order chi connectivity index (χ0) is 9.71. The van der Waals surface area contributed by atoms with Crippen LogP contribution < -0.4 is 0 Å². The van der Waals surface area contributed by atoms with Crippen LogP contribution in [0.1, 0.15) is 11.4 Å². The van der Waals surface area contributed by atoms with Gasteiger partial charge in [0.05, 0.1) is 11.9 Å². The molecule has 0 radical (unpaired) electrons. The zero-order valence-electron chi connectivity index (χ0n) is 8.07. The van der Waals surface area contributed by atoms with Crippen LogP contribution >= 0.6 is 0 Å². The number of rotatable bonds is 0. The van der Waals surface area contributed by atoms with Gasteiger partial charge in [-0.1, -0.05) is 0 Å². The third-order valence-electron chi connectivity index (χ3n) is 2.53. The number of aromatic amines is 1. The van der Waals surface area contributed by atoms with E-state index in [0.717, 1.165) is 28.2 Å². The van der Waals surface area contributed by atoms with Gasteiger partial charge in [-0.3, -0.25) is 4.40 Å². The molecule has 0 aromatic carbocycles. The van der Waals surface area contributed by atoms with Crippen molar-refractivity contribution in [2.45, 2.75) is 13.8 Å². The second kappa shape index (κ2) is 2.35. The van der Waals surface area contributed by atoms with Gasteiger partial charge in [-0.05, 0) is 19.9 Å². The molecule has 0 unspecified atom stereocenters. The van der Waals surface area contributed by atoms with Gasteiger partial charge in [0, 0.05) is 17.3 Å². The first-order chi connectivity index (χ1) is 6.77. The minimum Gasteiger partial charge on any atom is -0.347 e. The Morgan fingerprint density at radius 3 is 3.07 bits per heavy atom. The Kier molecular flexibility index (Phi) is 1.27. The summed E-state index contributed by atoms with van der Waals surface area (Å²) in [7, 11) is 0. The number of aromatic nitrogens is 4. The molecule has 0 saturated heterocycles. The smallest absolute Gasteiger partial charge is 0.235 e. The summed E-state index contributed by atoms with van der Waals surface area (Å²) in [5.74, 6) is 0.759. The normalized spacial score (nSPS) is 11.6. The van der Waals surface area contributed by atoms with Crippen LogP contribution in [0.3, 0.4) is 0 Å². The first-order valence-corrected chi connectivity index (χ1v) is 4.55. The monoisotopic (exact) mass is 186 g/mol. The van der Waals surface area contributed by atoms with Gasteiger partial charge in [-0.2, -0.15) is 0 Å². The average molecular weight is 186 g/mol. The van der Waals surface area contributed by atoms with Crippen molar-refractivity contribution in [3.05, 3.63) is 29.8 Å². The van der Waals surface area contributed by atoms with Crippen molar-refractivity contribution in [2.75, 3.05) is 0 Å². The molecule has 70 valence electrons. The molecule has 3 aromatic heterocycles. The van der Waals surface area contributed by atoms with Gasteiger partial charge in [0.25, 0.3) is 0 Å². The van der Waals surface area contributed by atoms with Crippen LogP contribution in [0.4, 0.5) is 0 Å². The lowest BCUT2D eigenvalue weighted by molar-refractivity contribution is 1.07. The Morgan fingerprint density at radius 2 is 2.21 bits per heavy atom. The maximum Gasteiger partial charge on any atom is 0.235 e. The highest BCUT2D eigenvalue weighted by molar-refractivity contribution is 5.80. The lowest BCUT2D eigenvalue weighted by Gasteiger charge is -2.00. The van der Waals surface area contributed by atoms with Crippen LogP contribution in [-0.4, -0.2) is 19.4 Å². The maximum atomic E-state index is 4.43. The van der Waals surface area contributed by atoms with E-state index in [0.29, 0.717) is 0 Å². The fraction of sp³-hybridized carbons (Fsp3) is 0.200. The molecule has 0 saturated carbocycles. The van der Waals surface area contributed by atoms with E-state index in [-0.39, 0.29) is 0 Å². The van der Waals surface area contributed by atoms with Gasteiger partial charge in [-0.25, -0.2) is 9.97 Å². The molecule has 3 aromatic rings. The first kappa shape index (κ1) is 7.55. The van der Waals surface area contributed by atoms with Crippen LogP contribution in [0.25, 0.3) is 16.8 Å². The number of hydrogen-bond acceptors (Lipinski definition) is 2. The summed E-state index contributed by atoms with van der Waals surface area (Å²) in [6, 6.07) is 2.04. The number of hydrogen-bond donors (Lipinski definition) is 1. The predicted octanol–water partition coefficient (Wildman–Crippen LogP) is 1.83. The molecule has 0 spiro atoms. The first-order valence-electron chi connectivity index (χ1n) is 4.55. The van der Waals surface area contributed by atoms with Gasteiger partial charge < -0.3 is 4.98 Å². The molecule has 4 nitrogen and oxygen atoms in total. The summed E-state index contributed by atoms with van der Waals surface area (Å²) in [6.45, 7) is 4.03. The van der Waals surface area contributed by atoms with Crippen LogP contribution in [-0.2, 0) is 0 Å². The molecule has 0 bridgehead atoms. The molecule has 0 aliphatic carbocycles. The largest absolute Gasteiger partial charge is 0.347 e. The van der Waals surface area contributed by atoms with Gasteiger partial charge >= 0.3 is 0 Å². The molecule has 1 N–H and O–H groups in total. The molecule has 3 heterocycles. The van der Waals surface area contributed by atoms with Crippen LogP contribution in [0.5, 0.6) is 0 Å². The topological polar surface area (TPSA) is 46.0 Å². The standard InChI is InChI=1S/C10H10N4/c1-6-5-12-10-13-7(2)8-3-4-11-9(8)14(6)10/h3-5,11H,1-2H3. The molecule has 4 heteroatoms. The summed E-state index contributed by atoms with van der Waals surface area (Å²) in [5, 5.41) is 1.15. The fourth-order valence-electron chi connectivity index (χ4n) is 1.83. The van der Waals surface area contributed by atoms with E-state index in [1.54, 1.807) is 0 Å². The van der Waals surface area contributed by atoms with Crippen LogP contribution in [0, 0.1) is 13.8 Å². The molecular weight excluding hydrogens is 176 g/mol. The summed E-state index contributed by atoms with van der Waals surface area (Å²) in [4.78, 5) is 11.9. The van der Waals surface area contributed by atoms with E-state index in [2.05, 4.69) is 15.0 Å². The highest BCUT2D eigenvalue weighted by atomic mass is 15.1. The van der Waals surface area contributed by atoms with E-state index in [1.807, 2.05) is 36.7 Å². The van der Waals surface area contributed by atoms with Gasteiger partial charge in [0.2, 0.25) is 5.78 Å². The Bertz CT molecular complexity index is 617.